The maximum absolute atomic E-state index is 13.8. The number of hydrogen-bond donors (Lipinski definition) is 1. The molecule has 0 saturated carbocycles. The summed E-state index contributed by atoms with van der Waals surface area (Å²) in [5.74, 6) is -0.109. The highest BCUT2D eigenvalue weighted by molar-refractivity contribution is 9.10. The molecule has 0 bridgehead atoms. The van der Waals surface area contributed by atoms with Gasteiger partial charge in [-0.15, -0.1) is 0 Å². The highest BCUT2D eigenvalue weighted by atomic mass is 79.9. The van der Waals surface area contributed by atoms with Gasteiger partial charge in [0.2, 0.25) is 0 Å². The minimum atomic E-state index is -0.109. The Kier molecular flexibility index (Phi) is 9.12. The molecule has 0 radical (unpaired) electrons. The van der Waals surface area contributed by atoms with Crippen LogP contribution >= 0.6 is 15.9 Å². The summed E-state index contributed by atoms with van der Waals surface area (Å²) in [5, 5.41) is 3.32. The predicted octanol–water partition coefficient (Wildman–Crippen LogP) is 5.47. The van der Waals surface area contributed by atoms with Crippen molar-refractivity contribution >= 4 is 15.9 Å². The van der Waals surface area contributed by atoms with E-state index in [4.69, 9.17) is 0 Å². The fraction of sp³-hybridized carbons (Fsp3) is 0.647. The average molecular weight is 344 g/mol. The third kappa shape index (κ3) is 6.85. The zero-order valence-corrected chi connectivity index (χ0v) is 14.3. The first-order valence-electron chi connectivity index (χ1n) is 7.78. The van der Waals surface area contributed by atoms with Crippen LogP contribution in [0.2, 0.25) is 0 Å². The third-order valence-electron chi connectivity index (χ3n) is 3.80. The monoisotopic (exact) mass is 343 g/mol. The quantitative estimate of drug-likeness (QED) is 0.555. The van der Waals surface area contributed by atoms with Gasteiger partial charge in [-0.1, -0.05) is 67.4 Å². The van der Waals surface area contributed by atoms with E-state index in [1.54, 1.807) is 6.07 Å². The van der Waals surface area contributed by atoms with Crippen molar-refractivity contribution < 1.29 is 4.39 Å². The molecular weight excluding hydrogens is 317 g/mol. The number of unbranched alkanes of at least 4 members (excludes halogenated alkanes) is 5. The maximum Gasteiger partial charge on any atom is 0.127 e. The predicted molar refractivity (Wildman–Crippen MR) is 88.6 cm³/mol. The van der Waals surface area contributed by atoms with Crippen molar-refractivity contribution in [2.45, 2.75) is 64.3 Å². The SMILES string of the molecule is CCCCCCCCC(Cc1ccc(Br)cc1F)NC. The minimum absolute atomic E-state index is 0.109. The number of rotatable bonds is 10. The van der Waals surface area contributed by atoms with Gasteiger partial charge in [-0.05, 0) is 37.6 Å². The van der Waals surface area contributed by atoms with Crippen LogP contribution in [0.3, 0.4) is 0 Å². The van der Waals surface area contributed by atoms with Crippen LogP contribution in [0.15, 0.2) is 22.7 Å². The number of halogens is 2. The molecule has 0 amide bonds. The Labute approximate surface area is 131 Å². The van der Waals surface area contributed by atoms with E-state index in [0.29, 0.717) is 6.04 Å². The van der Waals surface area contributed by atoms with Gasteiger partial charge in [-0.2, -0.15) is 0 Å². The Balaban J connectivity index is 2.31. The Morgan fingerprint density at radius 2 is 1.85 bits per heavy atom. The van der Waals surface area contributed by atoms with Gasteiger partial charge in [-0.3, -0.25) is 0 Å². The molecule has 114 valence electrons. The second-order valence-corrected chi connectivity index (χ2v) is 6.40. The second-order valence-electron chi connectivity index (χ2n) is 5.48. The smallest absolute Gasteiger partial charge is 0.127 e. The fourth-order valence-corrected chi connectivity index (χ4v) is 2.81. The van der Waals surface area contributed by atoms with E-state index in [1.807, 2.05) is 19.2 Å². The molecule has 1 rings (SSSR count). The molecule has 0 aliphatic rings. The van der Waals surface area contributed by atoms with Crippen molar-refractivity contribution in [3.8, 4) is 0 Å². The molecule has 0 aliphatic heterocycles. The van der Waals surface area contributed by atoms with Gasteiger partial charge in [0, 0.05) is 10.5 Å². The highest BCUT2D eigenvalue weighted by Gasteiger charge is 2.10. The molecule has 0 spiro atoms. The largest absolute Gasteiger partial charge is 0.317 e. The molecule has 20 heavy (non-hydrogen) atoms. The van der Waals surface area contributed by atoms with Crippen LogP contribution in [-0.4, -0.2) is 13.1 Å². The average Bonchev–Trinajstić information content (AvgIpc) is 2.43. The maximum atomic E-state index is 13.8. The second kappa shape index (κ2) is 10.3. The Morgan fingerprint density at radius 3 is 2.50 bits per heavy atom. The van der Waals surface area contributed by atoms with Crippen LogP contribution in [0, 0.1) is 5.82 Å². The Hall–Kier alpha value is -0.410. The highest BCUT2D eigenvalue weighted by Crippen LogP contribution is 2.18. The zero-order valence-electron chi connectivity index (χ0n) is 12.7. The van der Waals surface area contributed by atoms with Crippen LogP contribution in [0.1, 0.15) is 57.4 Å². The molecular formula is C17H27BrFN. The van der Waals surface area contributed by atoms with Gasteiger partial charge in [-0.25, -0.2) is 4.39 Å². The number of nitrogens with one attached hydrogen (secondary N) is 1. The molecule has 1 N–H and O–H groups in total. The van der Waals surface area contributed by atoms with E-state index < -0.39 is 0 Å². The van der Waals surface area contributed by atoms with Crippen LogP contribution < -0.4 is 5.32 Å². The first-order chi connectivity index (χ1) is 9.67. The summed E-state index contributed by atoms with van der Waals surface area (Å²) in [6.07, 6.45) is 9.73. The summed E-state index contributed by atoms with van der Waals surface area (Å²) in [6.45, 7) is 2.24. The molecule has 1 atom stereocenters. The number of benzene rings is 1. The third-order valence-corrected chi connectivity index (χ3v) is 4.29. The lowest BCUT2D eigenvalue weighted by Gasteiger charge is -2.16. The Bertz CT molecular complexity index is 381. The van der Waals surface area contributed by atoms with E-state index in [9.17, 15) is 4.39 Å². The molecule has 1 aromatic carbocycles. The molecule has 3 heteroatoms. The summed E-state index contributed by atoms with van der Waals surface area (Å²) >= 11 is 3.30. The standard InChI is InChI=1S/C17H27BrFN/c1-3-4-5-6-7-8-9-16(20-2)12-14-10-11-15(18)13-17(14)19/h10-11,13,16,20H,3-9,12H2,1-2H3. The van der Waals surface area contributed by atoms with E-state index in [1.165, 1.54) is 38.5 Å². The van der Waals surface area contributed by atoms with Crippen molar-refractivity contribution in [2.24, 2.45) is 0 Å². The minimum Gasteiger partial charge on any atom is -0.317 e. The summed E-state index contributed by atoms with van der Waals surface area (Å²) in [4.78, 5) is 0. The zero-order chi connectivity index (χ0) is 14.8. The van der Waals surface area contributed by atoms with Crippen molar-refractivity contribution in [1.29, 1.82) is 0 Å². The lowest BCUT2D eigenvalue weighted by molar-refractivity contribution is 0.471. The van der Waals surface area contributed by atoms with Crippen LogP contribution in [-0.2, 0) is 6.42 Å². The molecule has 0 aliphatic carbocycles. The summed E-state index contributed by atoms with van der Waals surface area (Å²) in [5.41, 5.74) is 0.804. The molecule has 1 nitrogen and oxygen atoms in total. The van der Waals surface area contributed by atoms with E-state index in [2.05, 4.69) is 28.2 Å². The van der Waals surface area contributed by atoms with Gasteiger partial charge in [0.1, 0.15) is 5.82 Å². The van der Waals surface area contributed by atoms with Crippen molar-refractivity contribution in [1.82, 2.24) is 5.32 Å². The van der Waals surface area contributed by atoms with E-state index >= 15 is 0 Å². The topological polar surface area (TPSA) is 12.0 Å². The molecule has 0 aromatic heterocycles. The lowest BCUT2D eigenvalue weighted by Crippen LogP contribution is -2.27. The van der Waals surface area contributed by atoms with Gasteiger partial charge in [0.05, 0.1) is 0 Å². The van der Waals surface area contributed by atoms with Crippen molar-refractivity contribution in [3.63, 3.8) is 0 Å². The number of hydrogen-bond acceptors (Lipinski definition) is 1. The van der Waals surface area contributed by atoms with Crippen LogP contribution in [0.25, 0.3) is 0 Å². The Morgan fingerprint density at radius 1 is 1.15 bits per heavy atom. The molecule has 0 heterocycles. The summed E-state index contributed by atoms with van der Waals surface area (Å²) in [6, 6.07) is 5.71. The first-order valence-corrected chi connectivity index (χ1v) is 8.57. The molecule has 1 unspecified atom stereocenters. The van der Waals surface area contributed by atoms with Crippen LogP contribution in [0.5, 0.6) is 0 Å². The lowest BCUT2D eigenvalue weighted by atomic mass is 9.99. The van der Waals surface area contributed by atoms with Gasteiger partial charge >= 0.3 is 0 Å². The summed E-state index contributed by atoms with van der Waals surface area (Å²) < 4.78 is 14.6. The van der Waals surface area contributed by atoms with Crippen molar-refractivity contribution in [3.05, 3.63) is 34.1 Å². The van der Waals surface area contributed by atoms with Crippen LogP contribution in [0.4, 0.5) is 4.39 Å². The van der Waals surface area contributed by atoms with Gasteiger partial charge in [0.25, 0.3) is 0 Å². The first kappa shape index (κ1) is 17.6. The van der Waals surface area contributed by atoms with Gasteiger partial charge < -0.3 is 5.32 Å². The fourth-order valence-electron chi connectivity index (χ4n) is 2.47. The van der Waals surface area contributed by atoms with E-state index in [-0.39, 0.29) is 5.82 Å². The normalized spacial score (nSPS) is 12.6. The van der Waals surface area contributed by atoms with Crippen molar-refractivity contribution in [2.75, 3.05) is 7.05 Å². The molecule has 1 aromatic rings. The summed E-state index contributed by atoms with van der Waals surface area (Å²) in [7, 11) is 1.97. The van der Waals surface area contributed by atoms with Gasteiger partial charge in [0.15, 0.2) is 0 Å². The number of likely N-dealkylation sites (N-methyl/N-ethyl adjacent to an activating group) is 1. The van der Waals surface area contributed by atoms with E-state index in [0.717, 1.165) is 22.9 Å². The molecule has 0 fully saturated rings. The molecule has 0 saturated heterocycles.